The van der Waals surface area contributed by atoms with Gasteiger partial charge in [-0.2, -0.15) is 0 Å². The van der Waals surface area contributed by atoms with Crippen LogP contribution in [0.1, 0.15) is 46.2 Å². The number of fused-ring (bicyclic) bond motifs is 2. The number of carbonyl (C=O) groups is 1. The number of nitrogens with one attached hydrogen (secondary N) is 1. The number of ether oxygens (including phenoxy) is 1. The second-order valence-corrected chi connectivity index (χ2v) is 8.22. The molecule has 0 radical (unpaired) electrons. The van der Waals surface area contributed by atoms with E-state index >= 15 is 4.39 Å². The molecule has 29 heavy (non-hydrogen) atoms. The fourth-order valence-corrected chi connectivity index (χ4v) is 4.86. The van der Waals surface area contributed by atoms with Crippen LogP contribution >= 0.6 is 0 Å². The zero-order valence-electron chi connectivity index (χ0n) is 18.8. The molecule has 3 heterocycles. The summed E-state index contributed by atoms with van der Waals surface area (Å²) >= 11 is 0. The maximum absolute atomic E-state index is 15.5. The highest BCUT2D eigenvalue weighted by Crippen LogP contribution is 2.45. The molecule has 2 N–H and O–H groups in total. The highest BCUT2D eigenvalue weighted by atomic mass is 19.1. The van der Waals surface area contributed by atoms with Crippen molar-refractivity contribution in [2.24, 2.45) is 5.92 Å². The summed E-state index contributed by atoms with van der Waals surface area (Å²) in [4.78, 5) is 26.3. The lowest BCUT2D eigenvalue weighted by Gasteiger charge is -2.25. The Bertz CT molecular complexity index is 1150. The molecule has 1 aromatic carbocycles. The van der Waals surface area contributed by atoms with E-state index in [0.29, 0.717) is 19.0 Å². The van der Waals surface area contributed by atoms with E-state index in [1.165, 1.54) is 6.20 Å². The van der Waals surface area contributed by atoms with E-state index in [4.69, 9.17) is 8.85 Å². The Labute approximate surface area is 171 Å². The third-order valence-corrected chi connectivity index (χ3v) is 6.39. The molecular weight excluding hydrogens is 378 g/mol. The molecule has 0 spiro atoms. The summed E-state index contributed by atoms with van der Waals surface area (Å²) in [6, 6.07) is 1.09. The van der Waals surface area contributed by atoms with Crippen molar-refractivity contribution >= 4 is 22.6 Å². The van der Waals surface area contributed by atoms with Gasteiger partial charge >= 0.3 is 5.97 Å². The van der Waals surface area contributed by atoms with Crippen molar-refractivity contribution in [1.82, 2.24) is 9.88 Å². The monoisotopic (exact) mass is 405 g/mol. The number of hydrogen-bond donors (Lipinski definition) is 2. The Kier molecular flexibility index (Phi) is 3.54. The van der Waals surface area contributed by atoms with Crippen LogP contribution in [-0.2, 0) is 0 Å². The summed E-state index contributed by atoms with van der Waals surface area (Å²) in [5, 5.41) is 12.7. The molecule has 0 unspecified atom stereocenters. The number of carboxylic acid groups (broad SMARTS) is 1. The van der Waals surface area contributed by atoms with Crippen LogP contribution in [0.25, 0.3) is 10.9 Å². The first-order valence-corrected chi connectivity index (χ1v) is 9.96. The summed E-state index contributed by atoms with van der Waals surface area (Å²) in [7, 11) is -2.88. The fraction of sp³-hybridized carbons (Fsp3) is 0.524. The van der Waals surface area contributed by atoms with E-state index in [9.17, 15) is 14.7 Å². The summed E-state index contributed by atoms with van der Waals surface area (Å²) in [5.74, 6) is -2.12. The lowest BCUT2D eigenvalue weighted by molar-refractivity contribution is 0.0695. The van der Waals surface area contributed by atoms with Gasteiger partial charge in [-0.25, -0.2) is 9.18 Å². The maximum Gasteiger partial charge on any atom is 0.341 e. The first kappa shape index (κ1) is 15.3. The zero-order valence-corrected chi connectivity index (χ0v) is 15.8. The lowest BCUT2D eigenvalue weighted by Crippen LogP contribution is -2.40. The van der Waals surface area contributed by atoms with E-state index in [0.717, 1.165) is 38.3 Å². The predicted octanol–water partition coefficient (Wildman–Crippen LogP) is 2.37. The minimum absolute atomic E-state index is 0.0155. The fourth-order valence-electron chi connectivity index (χ4n) is 4.86. The number of pyridine rings is 1. The molecule has 1 aliphatic carbocycles. The maximum atomic E-state index is 15.5. The van der Waals surface area contributed by atoms with Crippen molar-refractivity contribution in [2.45, 2.75) is 37.8 Å². The second kappa shape index (κ2) is 6.73. The smallest absolute Gasteiger partial charge is 0.341 e. The minimum Gasteiger partial charge on any atom is -0.492 e. The topological polar surface area (TPSA) is 83.8 Å². The number of halogens is 1. The molecule has 8 heteroatoms. The Morgan fingerprint density at radius 3 is 2.90 bits per heavy atom. The van der Waals surface area contributed by atoms with Gasteiger partial charge in [0.05, 0.1) is 22.1 Å². The third kappa shape index (κ3) is 2.88. The van der Waals surface area contributed by atoms with Crippen LogP contribution in [0.15, 0.2) is 17.1 Å². The first-order valence-electron chi connectivity index (χ1n) is 11.5. The van der Waals surface area contributed by atoms with E-state index in [1.807, 2.05) is 0 Å². The average Bonchev–Trinajstić information content (AvgIpc) is 3.46. The summed E-state index contributed by atoms with van der Waals surface area (Å²) in [6.45, 7) is 1.91. The largest absolute Gasteiger partial charge is 0.492 e. The van der Waals surface area contributed by atoms with Crippen LogP contribution in [-0.4, -0.2) is 48.4 Å². The molecule has 3 aliphatic rings. The minimum atomic E-state index is -2.88. The number of anilines is 1. The summed E-state index contributed by atoms with van der Waals surface area (Å²) < 4.78 is 45.5. The van der Waals surface area contributed by atoms with Gasteiger partial charge in [-0.3, -0.25) is 4.79 Å². The van der Waals surface area contributed by atoms with Gasteiger partial charge in [0.25, 0.3) is 0 Å². The number of hydrogen-bond acceptors (Lipinski definition) is 5. The Morgan fingerprint density at radius 1 is 1.38 bits per heavy atom. The van der Waals surface area contributed by atoms with Crippen molar-refractivity contribution in [3.8, 4) is 5.75 Å². The van der Waals surface area contributed by atoms with Crippen LogP contribution in [0.2, 0.25) is 0 Å². The van der Waals surface area contributed by atoms with Gasteiger partial charge in [0.15, 0.2) is 11.6 Å². The Morgan fingerprint density at radius 2 is 2.21 bits per heavy atom. The average molecular weight is 405 g/mol. The summed E-state index contributed by atoms with van der Waals surface area (Å²) in [5.41, 5.74) is -1.19. The van der Waals surface area contributed by atoms with E-state index in [1.54, 1.807) is 9.47 Å². The van der Waals surface area contributed by atoms with Crippen molar-refractivity contribution in [2.75, 3.05) is 31.6 Å². The molecule has 7 nitrogen and oxygen atoms in total. The molecule has 1 saturated carbocycles. The number of carboxylic acids is 1. The van der Waals surface area contributed by atoms with Gasteiger partial charge in [0.2, 0.25) is 5.43 Å². The molecule has 0 bridgehead atoms. The van der Waals surface area contributed by atoms with E-state index in [2.05, 4.69) is 5.32 Å². The molecule has 2 aromatic rings. The van der Waals surface area contributed by atoms with E-state index in [-0.39, 0.29) is 34.4 Å². The third-order valence-electron chi connectivity index (χ3n) is 6.39. The SMILES string of the molecule is [2H][13C]([2H])([2H])Oc1c(N2C[C@@H]3CCCN[C@@H]3C2)c(F)cc2c(=O)c(C(=O)O)cn(C3CC3)c12. The number of rotatable bonds is 4. The van der Waals surface area contributed by atoms with Crippen molar-refractivity contribution in [3.63, 3.8) is 0 Å². The first-order chi connectivity index (χ1) is 15.1. The van der Waals surface area contributed by atoms with Crippen molar-refractivity contribution < 1.29 is 23.1 Å². The molecular formula is C21H24FN3O4. The van der Waals surface area contributed by atoms with Gasteiger partial charge in [0, 0.05) is 31.4 Å². The van der Waals surface area contributed by atoms with Crippen LogP contribution in [0.4, 0.5) is 10.1 Å². The molecule has 2 atom stereocenters. The normalized spacial score (nSPS) is 26.0. The van der Waals surface area contributed by atoms with Gasteiger partial charge in [-0.15, -0.1) is 0 Å². The number of methoxy groups -OCH3 is 1. The molecule has 0 amide bonds. The Balaban J connectivity index is 1.77. The van der Waals surface area contributed by atoms with Gasteiger partial charge in [0.1, 0.15) is 11.3 Å². The quantitative estimate of drug-likeness (QED) is 0.760. The molecule has 3 fully saturated rings. The lowest BCUT2D eigenvalue weighted by atomic mass is 9.94. The molecule has 1 aromatic heterocycles. The zero-order chi connectivity index (χ0) is 22.8. The predicted molar refractivity (Wildman–Crippen MR) is 107 cm³/mol. The van der Waals surface area contributed by atoms with Gasteiger partial charge in [-0.1, -0.05) is 0 Å². The van der Waals surface area contributed by atoms with Gasteiger partial charge in [-0.05, 0) is 44.2 Å². The summed E-state index contributed by atoms with van der Waals surface area (Å²) in [6.07, 6.45) is 4.73. The van der Waals surface area contributed by atoms with Crippen molar-refractivity contribution in [1.29, 1.82) is 0 Å². The standard InChI is InChI=1S/C21H24FN3O4/c1-29-20-17-13(19(26)14(21(27)28)9-25(17)12-4-5-12)7-15(22)18(20)24-8-11-3-2-6-23-16(11)10-24/h7,9,11-12,16,23H,2-6,8,10H2,1H3,(H,27,28)/t11-,16+/m0/s1/i1+1D3. The number of aromatic carboxylic acids is 1. The van der Waals surface area contributed by atoms with Crippen LogP contribution < -0.4 is 20.4 Å². The number of nitrogens with zero attached hydrogens (tertiary/aromatic N) is 2. The molecule has 2 aliphatic heterocycles. The van der Waals surface area contributed by atoms with Crippen LogP contribution in [0.5, 0.6) is 5.75 Å². The highest BCUT2D eigenvalue weighted by molar-refractivity contribution is 5.97. The highest BCUT2D eigenvalue weighted by Gasteiger charge is 2.38. The molecule has 154 valence electrons. The van der Waals surface area contributed by atoms with Crippen LogP contribution in [0, 0.1) is 11.7 Å². The van der Waals surface area contributed by atoms with Gasteiger partial charge < -0.3 is 24.6 Å². The van der Waals surface area contributed by atoms with Crippen molar-refractivity contribution in [3.05, 3.63) is 33.9 Å². The van der Waals surface area contributed by atoms with Crippen LogP contribution in [0.3, 0.4) is 0 Å². The number of piperidine rings is 1. The molecule has 2 saturated heterocycles. The molecule has 5 rings (SSSR count). The van der Waals surface area contributed by atoms with E-state index < -0.39 is 29.8 Å². The number of aromatic nitrogens is 1. The number of benzene rings is 1. The Hall–Kier alpha value is -2.61. The second-order valence-electron chi connectivity index (χ2n) is 8.22.